The molecule has 1 heterocycles. The van der Waals surface area contributed by atoms with Gasteiger partial charge in [0.2, 0.25) is 0 Å². The zero-order valence-electron chi connectivity index (χ0n) is 6.66. The summed E-state index contributed by atoms with van der Waals surface area (Å²) in [6, 6.07) is 3.94. The largest absolute Gasteiger partial charge is 0.320 e. The molecule has 0 aliphatic rings. The van der Waals surface area contributed by atoms with Crippen LogP contribution in [0.3, 0.4) is 0 Å². The second kappa shape index (κ2) is 12.1. The van der Waals surface area contributed by atoms with Crippen LogP contribution in [0.25, 0.3) is 0 Å². The summed E-state index contributed by atoms with van der Waals surface area (Å²) in [6.07, 6.45) is 5.05. The minimum atomic E-state index is 1.26. The number of nitrogens with two attached hydrogens (primary N) is 1. The molecule has 3 nitrogen and oxygen atoms in total. The smallest absolute Gasteiger partial charge is 0.0270 e. The first-order valence-electron chi connectivity index (χ1n) is 2.90. The van der Waals surface area contributed by atoms with Crippen molar-refractivity contribution in [2.45, 2.75) is 6.92 Å². The molecule has 1 aromatic rings. The Labute approximate surface area is 71.8 Å². The van der Waals surface area contributed by atoms with Crippen molar-refractivity contribution >= 4 is 11.6 Å². The molecule has 0 bridgehead atoms. The summed E-state index contributed by atoms with van der Waals surface area (Å²) in [4.78, 5) is 3.85. The highest BCUT2D eigenvalue weighted by Crippen LogP contribution is 1.88. The Hall–Kier alpha value is -0.640. The van der Waals surface area contributed by atoms with Crippen LogP contribution in [0, 0.1) is 6.92 Å². The Morgan fingerprint density at radius 3 is 1.82 bits per heavy atom. The molecule has 0 aromatic carbocycles. The predicted octanol–water partition coefficient (Wildman–Crippen LogP) is 1.58. The zero-order valence-corrected chi connectivity index (χ0v) is 7.42. The van der Waals surface area contributed by atoms with Gasteiger partial charge in [0.1, 0.15) is 0 Å². The van der Waals surface area contributed by atoms with Gasteiger partial charge in [-0.25, -0.2) is 5.90 Å². The van der Waals surface area contributed by atoms with E-state index in [0.717, 1.165) is 0 Å². The number of aryl methyl sites for hydroxylation is 1. The van der Waals surface area contributed by atoms with Gasteiger partial charge in [0.25, 0.3) is 0 Å². The van der Waals surface area contributed by atoms with Gasteiger partial charge in [0.15, 0.2) is 0 Å². The third-order valence-electron chi connectivity index (χ3n) is 0.847. The maximum Gasteiger partial charge on any atom is 0.0270 e. The molecule has 4 heteroatoms. The highest BCUT2D eigenvalue weighted by atomic mass is 35.5. The molecule has 0 amide bonds. The Bertz CT molecular complexity index is 146. The minimum absolute atomic E-state index is 1.26. The Morgan fingerprint density at radius 1 is 1.27 bits per heavy atom. The van der Waals surface area contributed by atoms with Crippen LogP contribution in [-0.4, -0.2) is 16.6 Å². The molecule has 64 valence electrons. The van der Waals surface area contributed by atoms with Gasteiger partial charge < -0.3 is 5.21 Å². The molecule has 0 aliphatic carbocycles. The lowest BCUT2D eigenvalue weighted by Crippen LogP contribution is -1.72. The molecule has 0 saturated heterocycles. The fourth-order valence-corrected chi connectivity index (χ4v) is 0.426. The van der Waals surface area contributed by atoms with Gasteiger partial charge in [0, 0.05) is 18.8 Å². The standard InChI is InChI=1S/C6H7N.CH3Cl.H3NO/c1-6-2-4-7-5-3-6;2*1-2/h2-5H,1H3;1H3;2H,1H2. The average molecular weight is 177 g/mol. The van der Waals surface area contributed by atoms with Crippen LogP contribution in [0.2, 0.25) is 0 Å². The summed E-state index contributed by atoms with van der Waals surface area (Å²) in [7, 11) is 0. The highest BCUT2D eigenvalue weighted by molar-refractivity contribution is 6.15. The summed E-state index contributed by atoms with van der Waals surface area (Å²) >= 11 is 4.64. The van der Waals surface area contributed by atoms with E-state index in [1.807, 2.05) is 19.1 Å². The van der Waals surface area contributed by atoms with Crippen LogP contribution in [0.1, 0.15) is 5.56 Å². The van der Waals surface area contributed by atoms with Crippen molar-refractivity contribution in [1.29, 1.82) is 0 Å². The van der Waals surface area contributed by atoms with E-state index in [9.17, 15) is 0 Å². The van der Waals surface area contributed by atoms with Crippen molar-refractivity contribution in [3.05, 3.63) is 30.1 Å². The van der Waals surface area contributed by atoms with E-state index in [1.165, 1.54) is 11.9 Å². The molecule has 1 aromatic heterocycles. The van der Waals surface area contributed by atoms with Crippen molar-refractivity contribution in [1.82, 2.24) is 4.98 Å². The number of hydrogen-bond donors (Lipinski definition) is 2. The molecule has 0 aliphatic heterocycles. The molecular weight excluding hydrogens is 164 g/mol. The number of alkyl halides is 1. The number of pyridine rings is 1. The third kappa shape index (κ3) is 9.36. The maximum absolute atomic E-state index is 6.50. The minimum Gasteiger partial charge on any atom is -0.320 e. The Balaban J connectivity index is 0. The lowest BCUT2D eigenvalue weighted by atomic mass is 10.3. The fraction of sp³-hybridized carbons (Fsp3) is 0.286. The lowest BCUT2D eigenvalue weighted by Gasteiger charge is -1.82. The number of nitrogens with zero attached hydrogens (tertiary/aromatic N) is 1. The maximum atomic E-state index is 6.50. The van der Waals surface area contributed by atoms with Gasteiger partial charge >= 0.3 is 0 Å². The number of rotatable bonds is 0. The Morgan fingerprint density at radius 2 is 1.64 bits per heavy atom. The van der Waals surface area contributed by atoms with Crippen molar-refractivity contribution in [2.75, 3.05) is 6.38 Å². The van der Waals surface area contributed by atoms with E-state index in [0.29, 0.717) is 0 Å². The second-order valence-corrected chi connectivity index (χ2v) is 1.52. The van der Waals surface area contributed by atoms with Gasteiger partial charge in [-0.3, -0.25) is 4.98 Å². The monoisotopic (exact) mass is 176 g/mol. The van der Waals surface area contributed by atoms with E-state index in [2.05, 4.69) is 22.5 Å². The zero-order chi connectivity index (χ0) is 9.11. The number of halogens is 1. The quantitative estimate of drug-likeness (QED) is 0.466. The van der Waals surface area contributed by atoms with Crippen LogP contribution >= 0.6 is 11.6 Å². The normalized spacial score (nSPS) is 6.64. The Kier molecular flexibility index (Phi) is 14.3. The van der Waals surface area contributed by atoms with E-state index in [4.69, 9.17) is 5.21 Å². The third-order valence-corrected chi connectivity index (χ3v) is 0.847. The van der Waals surface area contributed by atoms with Crippen molar-refractivity contribution < 1.29 is 5.21 Å². The number of aromatic nitrogens is 1. The summed E-state index contributed by atoms with van der Waals surface area (Å²) in [6.45, 7) is 2.04. The van der Waals surface area contributed by atoms with Gasteiger partial charge in [0.05, 0.1) is 0 Å². The summed E-state index contributed by atoms with van der Waals surface area (Å²) in [5, 5.41) is 6.50. The first kappa shape index (κ1) is 13.0. The van der Waals surface area contributed by atoms with E-state index in [1.54, 1.807) is 12.4 Å². The topological polar surface area (TPSA) is 59.1 Å². The molecule has 11 heavy (non-hydrogen) atoms. The van der Waals surface area contributed by atoms with Crippen molar-refractivity contribution in [3.8, 4) is 0 Å². The number of hydrogen-bond acceptors (Lipinski definition) is 3. The molecule has 0 saturated carbocycles. The van der Waals surface area contributed by atoms with Crippen molar-refractivity contribution in [2.24, 2.45) is 5.90 Å². The fourth-order valence-electron chi connectivity index (χ4n) is 0.426. The predicted molar refractivity (Wildman–Crippen MR) is 46.7 cm³/mol. The lowest BCUT2D eigenvalue weighted by molar-refractivity contribution is 0.311. The first-order valence-corrected chi connectivity index (χ1v) is 3.65. The molecule has 0 unspecified atom stereocenters. The summed E-state index contributed by atoms with van der Waals surface area (Å²) in [5.74, 6) is 3.50. The molecule has 0 fully saturated rings. The molecule has 0 atom stereocenters. The van der Waals surface area contributed by atoms with E-state index >= 15 is 0 Å². The first-order chi connectivity index (χ1) is 5.39. The van der Waals surface area contributed by atoms with Crippen LogP contribution in [0.15, 0.2) is 24.5 Å². The van der Waals surface area contributed by atoms with Crippen LogP contribution in [0.4, 0.5) is 0 Å². The van der Waals surface area contributed by atoms with Gasteiger partial charge in [-0.15, -0.1) is 11.6 Å². The van der Waals surface area contributed by atoms with Crippen LogP contribution < -0.4 is 5.90 Å². The average Bonchev–Trinajstić information content (AvgIpc) is 2.13. The summed E-state index contributed by atoms with van der Waals surface area (Å²) < 4.78 is 0. The van der Waals surface area contributed by atoms with Crippen LogP contribution in [0.5, 0.6) is 0 Å². The molecule has 0 spiro atoms. The van der Waals surface area contributed by atoms with Gasteiger partial charge in [-0.05, 0) is 24.6 Å². The molecule has 3 N–H and O–H groups in total. The van der Waals surface area contributed by atoms with Crippen molar-refractivity contribution in [3.63, 3.8) is 0 Å². The SMILES string of the molecule is CCl.Cc1ccncc1.NO. The van der Waals surface area contributed by atoms with E-state index in [-0.39, 0.29) is 0 Å². The molecule has 1 rings (SSSR count). The van der Waals surface area contributed by atoms with E-state index < -0.39 is 0 Å². The highest BCUT2D eigenvalue weighted by Gasteiger charge is 1.72. The molecular formula is C7H13ClN2O. The second-order valence-electron chi connectivity index (χ2n) is 1.52. The van der Waals surface area contributed by atoms with Gasteiger partial charge in [-0.1, -0.05) is 0 Å². The van der Waals surface area contributed by atoms with Crippen LogP contribution in [-0.2, 0) is 0 Å². The molecule has 0 radical (unpaired) electrons. The van der Waals surface area contributed by atoms with Gasteiger partial charge in [-0.2, -0.15) is 0 Å². The summed E-state index contributed by atoms with van der Waals surface area (Å²) in [5.41, 5.74) is 1.26.